The second-order valence-corrected chi connectivity index (χ2v) is 6.11. The predicted molar refractivity (Wildman–Crippen MR) is 105 cm³/mol. The van der Waals surface area contributed by atoms with E-state index in [-0.39, 0.29) is 22.1 Å². The lowest BCUT2D eigenvalue weighted by Gasteiger charge is -2.10. The molecule has 0 aliphatic rings. The molecule has 0 atom stereocenters. The van der Waals surface area contributed by atoms with Crippen molar-refractivity contribution in [1.82, 2.24) is 4.98 Å². The van der Waals surface area contributed by atoms with Crippen LogP contribution in [-0.2, 0) is 4.74 Å². The third kappa shape index (κ3) is 4.63. The van der Waals surface area contributed by atoms with Crippen LogP contribution in [0.1, 0.15) is 20.7 Å². The number of nitrogens with zero attached hydrogens (tertiary/aromatic N) is 1. The molecule has 0 fully saturated rings. The summed E-state index contributed by atoms with van der Waals surface area (Å²) in [6.07, 6.45) is 1.39. The fourth-order valence-electron chi connectivity index (χ4n) is 2.34. The van der Waals surface area contributed by atoms with Gasteiger partial charge in [0.05, 0.1) is 28.9 Å². The molecule has 2 N–H and O–H groups in total. The number of nitrogens with one attached hydrogen (secondary N) is 2. The highest BCUT2D eigenvalue weighted by Crippen LogP contribution is 2.24. The van der Waals surface area contributed by atoms with E-state index in [1.165, 1.54) is 43.6 Å². The number of aromatic nitrogens is 1. The Morgan fingerprint density at radius 1 is 1.04 bits per heavy atom. The van der Waals surface area contributed by atoms with Gasteiger partial charge in [-0.25, -0.2) is 14.2 Å². The van der Waals surface area contributed by atoms with Gasteiger partial charge in [0, 0.05) is 11.9 Å². The monoisotopic (exact) mass is 399 g/mol. The van der Waals surface area contributed by atoms with Crippen molar-refractivity contribution in [3.05, 3.63) is 82.8 Å². The Morgan fingerprint density at radius 3 is 2.39 bits per heavy atom. The Labute approximate surface area is 165 Å². The van der Waals surface area contributed by atoms with Crippen molar-refractivity contribution in [2.75, 3.05) is 17.7 Å². The van der Waals surface area contributed by atoms with E-state index in [9.17, 15) is 14.0 Å². The van der Waals surface area contributed by atoms with Crippen molar-refractivity contribution >= 4 is 40.7 Å². The molecule has 0 saturated heterocycles. The van der Waals surface area contributed by atoms with Gasteiger partial charge < -0.3 is 15.4 Å². The zero-order valence-electron chi connectivity index (χ0n) is 14.7. The zero-order chi connectivity index (χ0) is 20.1. The molecule has 0 aliphatic heterocycles. The van der Waals surface area contributed by atoms with Crippen molar-refractivity contribution in [1.29, 1.82) is 0 Å². The van der Waals surface area contributed by atoms with Gasteiger partial charge >= 0.3 is 5.97 Å². The van der Waals surface area contributed by atoms with Crippen LogP contribution >= 0.6 is 11.6 Å². The normalized spacial score (nSPS) is 10.2. The van der Waals surface area contributed by atoms with Gasteiger partial charge in [0.25, 0.3) is 5.91 Å². The number of hydrogen-bond acceptors (Lipinski definition) is 5. The van der Waals surface area contributed by atoms with Crippen LogP contribution in [0.15, 0.2) is 60.8 Å². The van der Waals surface area contributed by atoms with E-state index < -0.39 is 11.9 Å². The number of esters is 1. The lowest BCUT2D eigenvalue weighted by atomic mass is 10.2. The molecule has 8 heteroatoms. The van der Waals surface area contributed by atoms with E-state index >= 15 is 0 Å². The molecule has 142 valence electrons. The molecule has 0 unspecified atom stereocenters. The van der Waals surface area contributed by atoms with E-state index in [1.807, 2.05) is 0 Å². The maximum atomic E-state index is 12.9. The summed E-state index contributed by atoms with van der Waals surface area (Å²) in [6.45, 7) is 0. The van der Waals surface area contributed by atoms with Gasteiger partial charge in [-0.2, -0.15) is 0 Å². The molecule has 1 heterocycles. The highest BCUT2D eigenvalue weighted by Gasteiger charge is 2.13. The van der Waals surface area contributed by atoms with Gasteiger partial charge in [0.15, 0.2) is 0 Å². The standard InChI is InChI=1S/C20H15ClFN3O3/c1-28-20(27)12-2-8-16(21)17(10-12)25-19(26)13-3-9-18(23-11-13)24-15-6-4-14(22)5-7-15/h2-11H,1H3,(H,23,24)(H,25,26). The van der Waals surface area contributed by atoms with Crippen molar-refractivity contribution in [3.8, 4) is 0 Å². The first-order chi connectivity index (χ1) is 13.5. The Morgan fingerprint density at radius 2 is 1.75 bits per heavy atom. The highest BCUT2D eigenvalue weighted by molar-refractivity contribution is 6.34. The number of anilines is 3. The lowest BCUT2D eigenvalue weighted by Crippen LogP contribution is -2.13. The molecule has 0 saturated carbocycles. The number of halogens is 2. The number of rotatable bonds is 5. The second-order valence-electron chi connectivity index (χ2n) is 5.70. The molecule has 6 nitrogen and oxygen atoms in total. The Balaban J connectivity index is 1.71. The molecule has 0 aliphatic carbocycles. The van der Waals surface area contributed by atoms with E-state index in [2.05, 4.69) is 20.4 Å². The van der Waals surface area contributed by atoms with E-state index in [0.717, 1.165) is 0 Å². The van der Waals surface area contributed by atoms with Crippen LogP contribution in [0.2, 0.25) is 5.02 Å². The van der Waals surface area contributed by atoms with E-state index in [1.54, 1.807) is 24.3 Å². The Hall–Kier alpha value is -3.45. The van der Waals surface area contributed by atoms with Crippen LogP contribution in [0.3, 0.4) is 0 Å². The molecule has 3 aromatic rings. The first-order valence-corrected chi connectivity index (χ1v) is 8.52. The smallest absolute Gasteiger partial charge is 0.337 e. The highest BCUT2D eigenvalue weighted by atomic mass is 35.5. The largest absolute Gasteiger partial charge is 0.465 e. The summed E-state index contributed by atoms with van der Waals surface area (Å²) in [5.41, 5.74) is 1.50. The summed E-state index contributed by atoms with van der Waals surface area (Å²) in [5.74, 6) is -0.816. The molecular weight excluding hydrogens is 385 g/mol. The van der Waals surface area contributed by atoms with E-state index in [4.69, 9.17) is 11.6 Å². The predicted octanol–water partition coefficient (Wildman–Crippen LogP) is 4.66. The first kappa shape index (κ1) is 19.3. The number of benzene rings is 2. The molecule has 3 rings (SSSR count). The number of methoxy groups -OCH3 is 1. The lowest BCUT2D eigenvalue weighted by molar-refractivity contribution is 0.0600. The molecule has 2 aromatic carbocycles. The van der Waals surface area contributed by atoms with Crippen LogP contribution < -0.4 is 10.6 Å². The third-order valence-corrected chi connectivity index (χ3v) is 4.11. The minimum absolute atomic E-state index is 0.263. The molecule has 0 bridgehead atoms. The summed E-state index contributed by atoms with van der Waals surface area (Å²) >= 11 is 6.08. The van der Waals surface area contributed by atoms with Crippen molar-refractivity contribution in [3.63, 3.8) is 0 Å². The van der Waals surface area contributed by atoms with Gasteiger partial charge in [-0.05, 0) is 54.6 Å². The molecule has 0 spiro atoms. The summed E-state index contributed by atoms with van der Waals surface area (Å²) in [7, 11) is 1.27. The fourth-order valence-corrected chi connectivity index (χ4v) is 2.51. The number of carbonyl (C=O) groups is 2. The Bertz CT molecular complexity index is 1010. The average Bonchev–Trinajstić information content (AvgIpc) is 2.71. The summed E-state index contributed by atoms with van der Waals surface area (Å²) < 4.78 is 17.6. The van der Waals surface area contributed by atoms with Crippen LogP contribution in [0.4, 0.5) is 21.6 Å². The van der Waals surface area contributed by atoms with Gasteiger partial charge in [-0.1, -0.05) is 11.6 Å². The summed E-state index contributed by atoms with van der Waals surface area (Å²) in [5, 5.41) is 5.92. The van der Waals surface area contributed by atoms with Gasteiger partial charge in [-0.3, -0.25) is 4.79 Å². The topological polar surface area (TPSA) is 80.3 Å². The number of amides is 1. The minimum atomic E-state index is -0.537. The SMILES string of the molecule is COC(=O)c1ccc(Cl)c(NC(=O)c2ccc(Nc3ccc(F)cc3)nc2)c1. The molecule has 28 heavy (non-hydrogen) atoms. The number of ether oxygens (including phenoxy) is 1. The molecule has 0 radical (unpaired) electrons. The van der Waals surface area contributed by atoms with Crippen LogP contribution in [0, 0.1) is 5.82 Å². The van der Waals surface area contributed by atoms with Crippen molar-refractivity contribution in [2.45, 2.75) is 0 Å². The minimum Gasteiger partial charge on any atom is -0.465 e. The number of carbonyl (C=O) groups excluding carboxylic acids is 2. The summed E-state index contributed by atoms with van der Waals surface area (Å²) in [6, 6.07) is 13.4. The maximum absolute atomic E-state index is 12.9. The average molecular weight is 400 g/mol. The van der Waals surface area contributed by atoms with E-state index in [0.29, 0.717) is 17.1 Å². The van der Waals surface area contributed by atoms with Crippen LogP contribution in [-0.4, -0.2) is 24.0 Å². The molecular formula is C20H15ClFN3O3. The maximum Gasteiger partial charge on any atom is 0.337 e. The first-order valence-electron chi connectivity index (χ1n) is 8.14. The number of pyridine rings is 1. The van der Waals surface area contributed by atoms with Crippen LogP contribution in [0.5, 0.6) is 0 Å². The second kappa shape index (κ2) is 8.49. The van der Waals surface area contributed by atoms with Gasteiger partial charge in [0.1, 0.15) is 11.6 Å². The quantitative estimate of drug-likeness (QED) is 0.610. The number of hydrogen-bond donors (Lipinski definition) is 2. The van der Waals surface area contributed by atoms with Gasteiger partial charge in [0.2, 0.25) is 0 Å². The van der Waals surface area contributed by atoms with Crippen molar-refractivity contribution in [2.24, 2.45) is 0 Å². The van der Waals surface area contributed by atoms with Crippen LogP contribution in [0.25, 0.3) is 0 Å². The fraction of sp³-hybridized carbons (Fsp3) is 0.0500. The zero-order valence-corrected chi connectivity index (χ0v) is 15.5. The van der Waals surface area contributed by atoms with Crippen molar-refractivity contribution < 1.29 is 18.7 Å². The molecule has 1 aromatic heterocycles. The third-order valence-electron chi connectivity index (χ3n) is 3.78. The summed E-state index contributed by atoms with van der Waals surface area (Å²) in [4.78, 5) is 28.2. The molecule has 1 amide bonds. The Kier molecular flexibility index (Phi) is 5.86. The van der Waals surface area contributed by atoms with Gasteiger partial charge in [-0.15, -0.1) is 0 Å².